The lowest BCUT2D eigenvalue weighted by Gasteiger charge is -2.25. The van der Waals surface area contributed by atoms with Gasteiger partial charge in [-0.1, -0.05) is 18.2 Å². The molecule has 1 fully saturated rings. The van der Waals surface area contributed by atoms with Crippen LogP contribution in [0.2, 0.25) is 0 Å². The van der Waals surface area contributed by atoms with Gasteiger partial charge in [-0.3, -0.25) is 0 Å². The van der Waals surface area contributed by atoms with Crippen LogP contribution in [0.25, 0.3) is 0 Å². The van der Waals surface area contributed by atoms with Crippen molar-refractivity contribution in [2.24, 2.45) is 0 Å². The monoisotopic (exact) mass is 276 g/mol. The first kappa shape index (κ1) is 15.3. The van der Waals surface area contributed by atoms with Crippen molar-refractivity contribution in [1.82, 2.24) is 10.2 Å². The van der Waals surface area contributed by atoms with Crippen LogP contribution in [0.5, 0.6) is 5.75 Å². The van der Waals surface area contributed by atoms with Crippen molar-refractivity contribution in [3.8, 4) is 5.75 Å². The van der Waals surface area contributed by atoms with Crippen molar-refractivity contribution in [2.45, 2.75) is 45.2 Å². The van der Waals surface area contributed by atoms with Crippen LogP contribution >= 0.6 is 0 Å². The Morgan fingerprint density at radius 3 is 2.55 bits per heavy atom. The van der Waals surface area contributed by atoms with E-state index in [-0.39, 0.29) is 0 Å². The molecule has 0 amide bonds. The number of nitrogens with one attached hydrogen (secondary N) is 1. The fourth-order valence-corrected chi connectivity index (χ4v) is 3.15. The van der Waals surface area contributed by atoms with E-state index in [4.69, 9.17) is 4.74 Å². The molecule has 0 spiro atoms. The lowest BCUT2D eigenvalue weighted by atomic mass is 10.1. The summed E-state index contributed by atoms with van der Waals surface area (Å²) >= 11 is 0. The number of likely N-dealkylation sites (tertiary alicyclic amines) is 1. The highest BCUT2D eigenvalue weighted by molar-refractivity contribution is 5.33. The highest BCUT2D eigenvalue weighted by Gasteiger charge is 2.16. The Morgan fingerprint density at radius 2 is 1.85 bits per heavy atom. The predicted octanol–water partition coefficient (Wildman–Crippen LogP) is 2.70. The summed E-state index contributed by atoms with van der Waals surface area (Å²) in [5.41, 5.74) is 1.28. The van der Waals surface area contributed by atoms with Crippen molar-refractivity contribution in [3.63, 3.8) is 0 Å². The number of rotatable bonds is 7. The van der Waals surface area contributed by atoms with E-state index in [9.17, 15) is 0 Å². The van der Waals surface area contributed by atoms with Gasteiger partial charge in [-0.05, 0) is 57.8 Å². The molecule has 1 aliphatic rings. The van der Waals surface area contributed by atoms with Gasteiger partial charge in [0.25, 0.3) is 0 Å². The number of hydrogen-bond acceptors (Lipinski definition) is 3. The third-order valence-electron chi connectivity index (χ3n) is 4.02. The number of para-hydroxylation sites is 1. The van der Waals surface area contributed by atoms with E-state index in [0.717, 1.165) is 18.7 Å². The van der Waals surface area contributed by atoms with Crippen LogP contribution in [0.4, 0.5) is 0 Å². The van der Waals surface area contributed by atoms with Gasteiger partial charge in [0, 0.05) is 18.6 Å². The number of benzene rings is 1. The van der Waals surface area contributed by atoms with E-state index < -0.39 is 0 Å². The summed E-state index contributed by atoms with van der Waals surface area (Å²) in [6.07, 6.45) is 3.74. The molecule has 0 saturated carbocycles. The number of hydrogen-bond donors (Lipinski definition) is 1. The zero-order valence-corrected chi connectivity index (χ0v) is 13.1. The van der Waals surface area contributed by atoms with E-state index in [1.807, 2.05) is 12.1 Å². The quantitative estimate of drug-likeness (QED) is 0.828. The van der Waals surface area contributed by atoms with E-state index in [1.165, 1.54) is 31.5 Å². The molecule has 0 aromatic heterocycles. The standard InChI is InChI=1S/C17H28N2O/c1-14(12-16-8-4-5-9-17(16)20-3)18-15(2)13-19-10-6-7-11-19/h4-5,8-9,14-15,18H,6-7,10-13H2,1-3H3. The van der Waals surface area contributed by atoms with Crippen LogP contribution in [0.1, 0.15) is 32.3 Å². The van der Waals surface area contributed by atoms with Crippen molar-refractivity contribution in [1.29, 1.82) is 0 Å². The van der Waals surface area contributed by atoms with Gasteiger partial charge in [0.2, 0.25) is 0 Å². The molecule has 2 unspecified atom stereocenters. The smallest absolute Gasteiger partial charge is 0.122 e. The number of nitrogens with zero attached hydrogens (tertiary/aromatic N) is 1. The molecule has 1 heterocycles. The first-order chi connectivity index (χ1) is 9.69. The molecule has 1 aromatic carbocycles. The second-order valence-corrected chi connectivity index (χ2v) is 5.99. The molecule has 2 rings (SSSR count). The highest BCUT2D eigenvalue weighted by Crippen LogP contribution is 2.19. The first-order valence-electron chi connectivity index (χ1n) is 7.79. The maximum Gasteiger partial charge on any atom is 0.122 e. The fourth-order valence-electron chi connectivity index (χ4n) is 3.15. The molecule has 1 N–H and O–H groups in total. The molecule has 0 aliphatic carbocycles. The van der Waals surface area contributed by atoms with Gasteiger partial charge in [-0.15, -0.1) is 0 Å². The average molecular weight is 276 g/mol. The molecule has 2 atom stereocenters. The zero-order chi connectivity index (χ0) is 14.4. The summed E-state index contributed by atoms with van der Waals surface area (Å²) in [5, 5.41) is 3.71. The minimum absolute atomic E-state index is 0.462. The van der Waals surface area contributed by atoms with Gasteiger partial charge in [0.1, 0.15) is 5.75 Å². The van der Waals surface area contributed by atoms with Gasteiger partial charge in [0.15, 0.2) is 0 Å². The molecule has 112 valence electrons. The van der Waals surface area contributed by atoms with Gasteiger partial charge in [0.05, 0.1) is 7.11 Å². The molecule has 3 heteroatoms. The Kier molecular flexibility index (Phi) is 5.86. The molecular weight excluding hydrogens is 248 g/mol. The van der Waals surface area contributed by atoms with Gasteiger partial charge >= 0.3 is 0 Å². The minimum Gasteiger partial charge on any atom is -0.496 e. The Labute approximate surface area is 123 Å². The topological polar surface area (TPSA) is 24.5 Å². The average Bonchev–Trinajstić information content (AvgIpc) is 2.91. The summed E-state index contributed by atoms with van der Waals surface area (Å²) in [4.78, 5) is 2.56. The molecule has 1 aromatic rings. The number of ether oxygens (including phenoxy) is 1. The molecular formula is C17H28N2O. The molecule has 0 bridgehead atoms. The largest absolute Gasteiger partial charge is 0.496 e. The van der Waals surface area contributed by atoms with Crippen LogP contribution in [-0.4, -0.2) is 43.7 Å². The fraction of sp³-hybridized carbons (Fsp3) is 0.647. The summed E-state index contributed by atoms with van der Waals surface area (Å²) in [6, 6.07) is 9.30. The van der Waals surface area contributed by atoms with Crippen LogP contribution in [0, 0.1) is 0 Å². The maximum atomic E-state index is 5.42. The third-order valence-corrected chi connectivity index (χ3v) is 4.02. The lowest BCUT2D eigenvalue weighted by Crippen LogP contribution is -2.42. The maximum absolute atomic E-state index is 5.42. The van der Waals surface area contributed by atoms with Gasteiger partial charge in [-0.25, -0.2) is 0 Å². The molecule has 1 saturated heterocycles. The minimum atomic E-state index is 0.462. The third kappa shape index (κ3) is 4.50. The normalized spacial score (nSPS) is 18.9. The summed E-state index contributed by atoms with van der Waals surface area (Å²) in [6.45, 7) is 8.25. The first-order valence-corrected chi connectivity index (χ1v) is 7.79. The summed E-state index contributed by atoms with van der Waals surface area (Å²) in [7, 11) is 1.74. The SMILES string of the molecule is COc1ccccc1CC(C)NC(C)CN1CCCC1. The van der Waals surface area contributed by atoms with Crippen molar-refractivity contribution < 1.29 is 4.74 Å². The van der Waals surface area contributed by atoms with Crippen LogP contribution in [0.3, 0.4) is 0 Å². The molecule has 0 radical (unpaired) electrons. The Bertz CT molecular complexity index is 402. The second-order valence-electron chi connectivity index (χ2n) is 5.99. The summed E-state index contributed by atoms with van der Waals surface area (Å²) < 4.78 is 5.42. The zero-order valence-electron chi connectivity index (χ0n) is 13.1. The van der Waals surface area contributed by atoms with Crippen molar-refractivity contribution >= 4 is 0 Å². The molecule has 20 heavy (non-hydrogen) atoms. The second kappa shape index (κ2) is 7.65. The highest BCUT2D eigenvalue weighted by atomic mass is 16.5. The van der Waals surface area contributed by atoms with E-state index in [2.05, 4.69) is 36.2 Å². The summed E-state index contributed by atoms with van der Waals surface area (Å²) in [5.74, 6) is 0.994. The van der Waals surface area contributed by atoms with E-state index in [1.54, 1.807) is 7.11 Å². The van der Waals surface area contributed by atoms with Crippen molar-refractivity contribution in [3.05, 3.63) is 29.8 Å². The Hall–Kier alpha value is -1.06. The van der Waals surface area contributed by atoms with Crippen LogP contribution in [0.15, 0.2) is 24.3 Å². The van der Waals surface area contributed by atoms with E-state index in [0.29, 0.717) is 12.1 Å². The Morgan fingerprint density at radius 1 is 1.15 bits per heavy atom. The van der Waals surface area contributed by atoms with Crippen molar-refractivity contribution in [2.75, 3.05) is 26.7 Å². The molecule has 1 aliphatic heterocycles. The van der Waals surface area contributed by atoms with Gasteiger partial charge in [-0.2, -0.15) is 0 Å². The van der Waals surface area contributed by atoms with Gasteiger partial charge < -0.3 is 15.0 Å². The Balaban J connectivity index is 1.80. The lowest BCUT2D eigenvalue weighted by molar-refractivity contribution is 0.287. The predicted molar refractivity (Wildman–Crippen MR) is 84.4 cm³/mol. The van der Waals surface area contributed by atoms with Crippen LogP contribution < -0.4 is 10.1 Å². The number of methoxy groups -OCH3 is 1. The molecule has 3 nitrogen and oxygen atoms in total. The van der Waals surface area contributed by atoms with Crippen LogP contribution in [-0.2, 0) is 6.42 Å². The van der Waals surface area contributed by atoms with E-state index >= 15 is 0 Å².